The number of rotatable bonds is 6. The lowest BCUT2D eigenvalue weighted by atomic mass is 9.86. The number of halogens is 1. The fraction of sp³-hybridized carbons (Fsp3) is 0.619. The molecule has 2 aliphatic rings. The van der Waals surface area contributed by atoms with Crippen LogP contribution in [0.25, 0.3) is 0 Å². The summed E-state index contributed by atoms with van der Waals surface area (Å²) in [6.45, 7) is 1.67. The second-order valence-corrected chi connectivity index (χ2v) is 7.56. The van der Waals surface area contributed by atoms with Gasteiger partial charge in [0.15, 0.2) is 5.96 Å². The van der Waals surface area contributed by atoms with Crippen molar-refractivity contribution in [3.8, 4) is 0 Å². The highest BCUT2D eigenvalue weighted by Gasteiger charge is 2.24. The van der Waals surface area contributed by atoms with Gasteiger partial charge < -0.3 is 16.0 Å². The first-order valence-corrected chi connectivity index (χ1v) is 10.1. The predicted molar refractivity (Wildman–Crippen MR) is 123 cm³/mol. The van der Waals surface area contributed by atoms with Gasteiger partial charge in [-0.2, -0.15) is 0 Å². The van der Waals surface area contributed by atoms with Crippen molar-refractivity contribution in [3.05, 3.63) is 29.8 Å². The number of hydrogen-bond acceptors (Lipinski definition) is 2. The molecular formula is C21H33IN4O. The zero-order valence-corrected chi connectivity index (χ0v) is 18.6. The molecule has 1 aliphatic carbocycles. The zero-order valence-electron chi connectivity index (χ0n) is 16.3. The SMILES string of the molecule is CN=C(NCCCC1CCCCC1)NCC1CC(=O)Nc2ccccc21.I. The van der Waals surface area contributed by atoms with Crippen LogP contribution in [0.4, 0.5) is 5.69 Å². The number of anilines is 1. The number of fused-ring (bicyclic) bond motifs is 1. The molecule has 0 bridgehead atoms. The fourth-order valence-corrected chi connectivity index (χ4v) is 4.20. The maximum atomic E-state index is 11.9. The molecule has 1 aromatic carbocycles. The second kappa shape index (κ2) is 11.5. The summed E-state index contributed by atoms with van der Waals surface area (Å²) in [6, 6.07) is 8.06. The highest BCUT2D eigenvalue weighted by Crippen LogP contribution is 2.31. The topological polar surface area (TPSA) is 65.5 Å². The molecule has 3 rings (SSSR count). The molecule has 3 N–H and O–H groups in total. The molecule has 1 aromatic rings. The Hall–Kier alpha value is -1.31. The third-order valence-corrected chi connectivity index (χ3v) is 5.65. The normalized spacial score (nSPS) is 20.3. The van der Waals surface area contributed by atoms with E-state index < -0.39 is 0 Å². The average Bonchev–Trinajstić information content (AvgIpc) is 2.68. The first kappa shape index (κ1) is 22.0. The highest BCUT2D eigenvalue weighted by atomic mass is 127. The first-order valence-electron chi connectivity index (χ1n) is 10.1. The Morgan fingerprint density at radius 1 is 1.19 bits per heavy atom. The third kappa shape index (κ3) is 6.66. The van der Waals surface area contributed by atoms with Gasteiger partial charge >= 0.3 is 0 Å². The molecule has 0 radical (unpaired) electrons. The molecule has 1 heterocycles. The Bertz CT molecular complexity index is 628. The molecule has 0 spiro atoms. The number of nitrogens with one attached hydrogen (secondary N) is 3. The summed E-state index contributed by atoms with van der Waals surface area (Å²) in [7, 11) is 1.80. The van der Waals surface area contributed by atoms with E-state index in [9.17, 15) is 4.79 Å². The molecule has 6 heteroatoms. The number of guanidine groups is 1. The lowest BCUT2D eigenvalue weighted by Gasteiger charge is -2.26. The van der Waals surface area contributed by atoms with Gasteiger partial charge in [-0.15, -0.1) is 24.0 Å². The fourth-order valence-electron chi connectivity index (χ4n) is 4.20. The maximum absolute atomic E-state index is 11.9. The van der Waals surface area contributed by atoms with E-state index in [-0.39, 0.29) is 35.8 Å². The molecule has 1 aliphatic heterocycles. The monoisotopic (exact) mass is 484 g/mol. The van der Waals surface area contributed by atoms with Crippen molar-refractivity contribution in [1.82, 2.24) is 10.6 Å². The molecule has 1 atom stereocenters. The van der Waals surface area contributed by atoms with Crippen LogP contribution in [-0.4, -0.2) is 32.0 Å². The minimum atomic E-state index is 0. The van der Waals surface area contributed by atoms with E-state index in [4.69, 9.17) is 0 Å². The van der Waals surface area contributed by atoms with Crippen LogP contribution in [0.1, 0.15) is 62.8 Å². The van der Waals surface area contributed by atoms with E-state index in [1.54, 1.807) is 7.05 Å². The quantitative estimate of drug-likeness (QED) is 0.245. The molecule has 0 saturated heterocycles. The van der Waals surface area contributed by atoms with Gasteiger partial charge in [-0.05, 0) is 30.4 Å². The van der Waals surface area contributed by atoms with Gasteiger partial charge in [0.1, 0.15) is 0 Å². The highest BCUT2D eigenvalue weighted by molar-refractivity contribution is 14.0. The molecule has 5 nitrogen and oxygen atoms in total. The number of carbonyl (C=O) groups is 1. The van der Waals surface area contributed by atoms with Gasteiger partial charge in [-0.3, -0.25) is 9.79 Å². The summed E-state index contributed by atoms with van der Waals surface area (Å²) in [5.41, 5.74) is 2.14. The van der Waals surface area contributed by atoms with E-state index in [1.165, 1.54) is 50.5 Å². The van der Waals surface area contributed by atoms with Crippen molar-refractivity contribution < 1.29 is 4.79 Å². The average molecular weight is 484 g/mol. The van der Waals surface area contributed by atoms with Gasteiger partial charge in [0.25, 0.3) is 0 Å². The van der Waals surface area contributed by atoms with Crippen molar-refractivity contribution in [3.63, 3.8) is 0 Å². The van der Waals surface area contributed by atoms with E-state index >= 15 is 0 Å². The number of hydrogen-bond donors (Lipinski definition) is 3. The smallest absolute Gasteiger partial charge is 0.225 e. The molecule has 1 amide bonds. The summed E-state index contributed by atoms with van der Waals surface area (Å²) in [5.74, 6) is 2.03. The van der Waals surface area contributed by atoms with Crippen molar-refractivity contribution in [2.24, 2.45) is 10.9 Å². The zero-order chi connectivity index (χ0) is 18.2. The summed E-state index contributed by atoms with van der Waals surface area (Å²) in [6.07, 6.45) is 10.1. The molecular weight excluding hydrogens is 451 g/mol. The van der Waals surface area contributed by atoms with E-state index in [0.29, 0.717) is 13.0 Å². The number of nitrogens with zero attached hydrogens (tertiary/aromatic N) is 1. The summed E-state index contributed by atoms with van der Waals surface area (Å²) in [4.78, 5) is 16.3. The minimum Gasteiger partial charge on any atom is -0.356 e. The van der Waals surface area contributed by atoms with Crippen LogP contribution in [0.15, 0.2) is 29.3 Å². The Morgan fingerprint density at radius 2 is 1.96 bits per heavy atom. The van der Waals surface area contributed by atoms with E-state index in [0.717, 1.165) is 24.1 Å². The van der Waals surface area contributed by atoms with Crippen LogP contribution in [-0.2, 0) is 4.79 Å². The molecule has 0 aromatic heterocycles. The van der Waals surface area contributed by atoms with Crippen LogP contribution >= 0.6 is 24.0 Å². The van der Waals surface area contributed by atoms with Crippen LogP contribution in [0.3, 0.4) is 0 Å². The number of benzene rings is 1. The van der Waals surface area contributed by atoms with Crippen molar-refractivity contribution in [1.29, 1.82) is 0 Å². The number of para-hydroxylation sites is 1. The molecule has 27 heavy (non-hydrogen) atoms. The number of aliphatic imine (C=N–C) groups is 1. The molecule has 1 fully saturated rings. The lowest BCUT2D eigenvalue weighted by molar-refractivity contribution is -0.116. The Kier molecular flexibility index (Phi) is 9.38. The first-order chi connectivity index (χ1) is 12.8. The van der Waals surface area contributed by atoms with Crippen LogP contribution in [0, 0.1) is 5.92 Å². The van der Waals surface area contributed by atoms with Crippen LogP contribution in [0.2, 0.25) is 0 Å². The largest absolute Gasteiger partial charge is 0.356 e. The molecule has 150 valence electrons. The van der Waals surface area contributed by atoms with Gasteiger partial charge in [0, 0.05) is 38.2 Å². The second-order valence-electron chi connectivity index (χ2n) is 7.56. The summed E-state index contributed by atoms with van der Waals surface area (Å²) >= 11 is 0. The van der Waals surface area contributed by atoms with Crippen molar-refractivity contribution in [2.75, 3.05) is 25.5 Å². The Morgan fingerprint density at radius 3 is 2.74 bits per heavy atom. The Labute approximate surface area is 180 Å². The van der Waals surface area contributed by atoms with Crippen molar-refractivity contribution >= 4 is 41.5 Å². The molecule has 1 saturated carbocycles. The summed E-state index contributed by atoms with van der Waals surface area (Å²) in [5, 5.41) is 9.77. The summed E-state index contributed by atoms with van der Waals surface area (Å²) < 4.78 is 0. The third-order valence-electron chi connectivity index (χ3n) is 5.65. The van der Waals surface area contributed by atoms with Crippen LogP contribution < -0.4 is 16.0 Å². The maximum Gasteiger partial charge on any atom is 0.225 e. The number of carbonyl (C=O) groups excluding carboxylic acids is 1. The van der Waals surface area contributed by atoms with Crippen molar-refractivity contribution in [2.45, 2.75) is 57.3 Å². The van der Waals surface area contributed by atoms with Gasteiger partial charge in [0.2, 0.25) is 5.91 Å². The lowest BCUT2D eigenvalue weighted by Crippen LogP contribution is -2.41. The molecule has 1 unspecified atom stereocenters. The van der Waals surface area contributed by atoms with E-state index in [2.05, 4.69) is 27.0 Å². The van der Waals surface area contributed by atoms with Gasteiger partial charge in [-0.1, -0.05) is 50.3 Å². The standard InChI is InChI=1S/C21H32N4O.HI/c1-22-21(23-13-7-10-16-8-3-2-4-9-16)24-15-17-14-20(26)25-19-12-6-5-11-18(17)19;/h5-6,11-12,16-17H,2-4,7-10,13-15H2,1H3,(H,25,26)(H2,22,23,24);1H. The van der Waals surface area contributed by atoms with Gasteiger partial charge in [-0.25, -0.2) is 0 Å². The number of amides is 1. The Balaban J connectivity index is 0.00000261. The predicted octanol–water partition coefficient (Wildman–Crippen LogP) is 4.26. The van der Waals surface area contributed by atoms with E-state index in [1.807, 2.05) is 18.2 Å². The minimum absolute atomic E-state index is 0. The van der Waals surface area contributed by atoms with Crippen LogP contribution in [0.5, 0.6) is 0 Å². The van der Waals surface area contributed by atoms with Gasteiger partial charge in [0.05, 0.1) is 0 Å².